The summed E-state index contributed by atoms with van der Waals surface area (Å²) in [5.41, 5.74) is 0. The summed E-state index contributed by atoms with van der Waals surface area (Å²) in [5, 5.41) is 0. The SMILES string of the molecule is CCCCCCC/C=C\CCCCCCCC(=O)OCC(COC(=O)CCCCCCC)OC(=O)CCCCCCCCCCC. The van der Waals surface area contributed by atoms with Crippen LogP contribution in [0.2, 0.25) is 0 Å². The topological polar surface area (TPSA) is 78.9 Å². The lowest BCUT2D eigenvalue weighted by Gasteiger charge is -2.18. The average Bonchev–Trinajstić information content (AvgIpc) is 3.05. The highest BCUT2D eigenvalue weighted by Crippen LogP contribution is 2.13. The zero-order valence-electron chi connectivity index (χ0n) is 30.6. The van der Waals surface area contributed by atoms with Crippen LogP contribution in [0.1, 0.15) is 207 Å². The summed E-state index contributed by atoms with van der Waals surface area (Å²) in [6.07, 6.45) is 35.1. The smallest absolute Gasteiger partial charge is 0.306 e. The van der Waals surface area contributed by atoms with E-state index < -0.39 is 6.10 Å². The van der Waals surface area contributed by atoms with E-state index in [9.17, 15) is 14.4 Å². The Labute approximate surface area is 284 Å². The van der Waals surface area contributed by atoms with Gasteiger partial charge in [-0.15, -0.1) is 0 Å². The molecule has 0 saturated heterocycles. The summed E-state index contributed by atoms with van der Waals surface area (Å²) in [4.78, 5) is 37.2. The number of rotatable bonds is 35. The van der Waals surface area contributed by atoms with E-state index in [4.69, 9.17) is 14.2 Å². The predicted octanol–water partition coefficient (Wildman–Crippen LogP) is 11.9. The molecule has 0 spiro atoms. The maximum absolute atomic E-state index is 12.5. The molecule has 0 radical (unpaired) electrons. The van der Waals surface area contributed by atoms with E-state index in [0.29, 0.717) is 19.3 Å². The third kappa shape index (κ3) is 33.5. The highest BCUT2D eigenvalue weighted by molar-refractivity contribution is 5.71. The van der Waals surface area contributed by atoms with Gasteiger partial charge in [-0.25, -0.2) is 0 Å². The van der Waals surface area contributed by atoms with Gasteiger partial charge in [-0.05, 0) is 44.9 Å². The van der Waals surface area contributed by atoms with Crippen molar-refractivity contribution in [2.75, 3.05) is 13.2 Å². The van der Waals surface area contributed by atoms with Gasteiger partial charge in [0.2, 0.25) is 0 Å². The fourth-order valence-corrected chi connectivity index (χ4v) is 5.49. The van der Waals surface area contributed by atoms with E-state index in [1.165, 1.54) is 96.3 Å². The number of esters is 3. The number of allylic oxidation sites excluding steroid dienone is 2. The van der Waals surface area contributed by atoms with Gasteiger partial charge in [0.05, 0.1) is 0 Å². The lowest BCUT2D eigenvalue weighted by atomic mass is 10.1. The maximum Gasteiger partial charge on any atom is 0.306 e. The molecule has 46 heavy (non-hydrogen) atoms. The summed E-state index contributed by atoms with van der Waals surface area (Å²) in [6, 6.07) is 0. The Kier molecular flexibility index (Phi) is 34.5. The first-order valence-corrected chi connectivity index (χ1v) is 19.7. The molecule has 0 N–H and O–H groups in total. The number of carbonyl (C=O) groups excluding carboxylic acids is 3. The monoisotopic (exact) mass is 651 g/mol. The third-order valence-corrected chi connectivity index (χ3v) is 8.52. The van der Waals surface area contributed by atoms with Gasteiger partial charge in [0, 0.05) is 19.3 Å². The Hall–Kier alpha value is -1.85. The molecule has 1 unspecified atom stereocenters. The van der Waals surface area contributed by atoms with Crippen molar-refractivity contribution >= 4 is 17.9 Å². The Morgan fingerprint density at radius 1 is 0.413 bits per heavy atom. The van der Waals surface area contributed by atoms with E-state index in [1.807, 2.05) is 0 Å². The first-order chi connectivity index (χ1) is 22.5. The number of carbonyl (C=O) groups is 3. The van der Waals surface area contributed by atoms with Gasteiger partial charge >= 0.3 is 17.9 Å². The van der Waals surface area contributed by atoms with Crippen molar-refractivity contribution in [3.05, 3.63) is 12.2 Å². The number of hydrogen-bond acceptors (Lipinski definition) is 6. The Bertz CT molecular complexity index is 719. The van der Waals surface area contributed by atoms with Crippen LogP contribution >= 0.6 is 0 Å². The molecule has 0 heterocycles. The normalized spacial score (nSPS) is 12.0. The minimum Gasteiger partial charge on any atom is -0.462 e. The van der Waals surface area contributed by atoms with Crippen LogP contribution in [-0.4, -0.2) is 37.2 Å². The largest absolute Gasteiger partial charge is 0.462 e. The molecule has 0 aliphatic heterocycles. The molecule has 0 bridgehead atoms. The maximum atomic E-state index is 12.5. The Morgan fingerprint density at radius 2 is 0.717 bits per heavy atom. The van der Waals surface area contributed by atoms with Crippen LogP contribution in [-0.2, 0) is 28.6 Å². The predicted molar refractivity (Wildman–Crippen MR) is 192 cm³/mol. The van der Waals surface area contributed by atoms with Gasteiger partial charge in [0.25, 0.3) is 0 Å². The quantitative estimate of drug-likeness (QED) is 0.0294. The third-order valence-electron chi connectivity index (χ3n) is 8.52. The van der Waals surface area contributed by atoms with E-state index >= 15 is 0 Å². The van der Waals surface area contributed by atoms with Crippen LogP contribution < -0.4 is 0 Å². The van der Waals surface area contributed by atoms with E-state index in [-0.39, 0.29) is 31.1 Å². The van der Waals surface area contributed by atoms with Gasteiger partial charge in [-0.3, -0.25) is 14.4 Å². The van der Waals surface area contributed by atoms with Crippen LogP contribution in [0, 0.1) is 0 Å². The van der Waals surface area contributed by atoms with Crippen molar-refractivity contribution in [3.8, 4) is 0 Å². The molecule has 0 aromatic carbocycles. The fourth-order valence-electron chi connectivity index (χ4n) is 5.49. The van der Waals surface area contributed by atoms with Crippen LogP contribution in [0.5, 0.6) is 0 Å². The Balaban J connectivity index is 4.25. The first-order valence-electron chi connectivity index (χ1n) is 19.7. The zero-order valence-corrected chi connectivity index (χ0v) is 30.6. The molecule has 270 valence electrons. The molecule has 0 aliphatic carbocycles. The average molecular weight is 651 g/mol. The summed E-state index contributed by atoms with van der Waals surface area (Å²) in [6.45, 7) is 6.50. The first kappa shape index (κ1) is 44.1. The highest BCUT2D eigenvalue weighted by Gasteiger charge is 2.19. The van der Waals surface area contributed by atoms with Crippen LogP contribution in [0.25, 0.3) is 0 Å². The minimum absolute atomic E-state index is 0.0716. The Morgan fingerprint density at radius 3 is 1.09 bits per heavy atom. The van der Waals surface area contributed by atoms with Crippen LogP contribution in [0.4, 0.5) is 0 Å². The van der Waals surface area contributed by atoms with Crippen molar-refractivity contribution in [1.29, 1.82) is 0 Å². The summed E-state index contributed by atoms with van der Waals surface area (Å²) < 4.78 is 16.5. The summed E-state index contributed by atoms with van der Waals surface area (Å²) >= 11 is 0. The summed E-state index contributed by atoms with van der Waals surface area (Å²) in [5.74, 6) is -0.897. The molecule has 6 heteroatoms. The molecule has 0 aromatic heterocycles. The van der Waals surface area contributed by atoms with Crippen molar-refractivity contribution in [2.45, 2.75) is 213 Å². The van der Waals surface area contributed by atoms with Gasteiger partial charge in [0.15, 0.2) is 6.10 Å². The molecular formula is C40H74O6. The van der Waals surface area contributed by atoms with Crippen molar-refractivity contribution in [1.82, 2.24) is 0 Å². The molecule has 0 rings (SSSR count). The van der Waals surface area contributed by atoms with Gasteiger partial charge < -0.3 is 14.2 Å². The van der Waals surface area contributed by atoms with E-state index in [2.05, 4.69) is 32.9 Å². The molecule has 0 saturated carbocycles. The molecule has 0 amide bonds. The fraction of sp³-hybridized carbons (Fsp3) is 0.875. The van der Waals surface area contributed by atoms with Crippen molar-refractivity contribution in [2.24, 2.45) is 0 Å². The second-order valence-corrected chi connectivity index (χ2v) is 13.2. The molecule has 6 nitrogen and oxygen atoms in total. The van der Waals surface area contributed by atoms with Crippen LogP contribution in [0.15, 0.2) is 12.2 Å². The van der Waals surface area contributed by atoms with Crippen molar-refractivity contribution < 1.29 is 28.6 Å². The number of ether oxygens (including phenoxy) is 3. The minimum atomic E-state index is -0.761. The second kappa shape index (κ2) is 36.0. The van der Waals surface area contributed by atoms with Gasteiger partial charge in [-0.2, -0.15) is 0 Å². The molecule has 0 aliphatic rings. The standard InChI is InChI=1S/C40H74O6/c1-4-7-10-13-15-17-18-19-20-21-23-24-27-30-33-39(42)45-36-37(35-44-38(41)32-29-26-12-9-6-3)46-40(43)34-31-28-25-22-16-14-11-8-5-2/h18-19,37H,4-17,20-36H2,1-3H3/b19-18-. The molecule has 1 atom stereocenters. The highest BCUT2D eigenvalue weighted by atomic mass is 16.6. The molecular weight excluding hydrogens is 576 g/mol. The molecule has 0 aromatic rings. The van der Waals surface area contributed by atoms with E-state index in [1.54, 1.807) is 0 Å². The lowest BCUT2D eigenvalue weighted by Crippen LogP contribution is -2.30. The van der Waals surface area contributed by atoms with E-state index in [0.717, 1.165) is 70.6 Å². The van der Waals surface area contributed by atoms with Gasteiger partial charge in [0.1, 0.15) is 13.2 Å². The van der Waals surface area contributed by atoms with Gasteiger partial charge in [-0.1, -0.05) is 155 Å². The number of hydrogen-bond donors (Lipinski definition) is 0. The summed E-state index contributed by atoms with van der Waals surface area (Å²) in [7, 11) is 0. The molecule has 0 fully saturated rings. The lowest BCUT2D eigenvalue weighted by molar-refractivity contribution is -0.167. The second-order valence-electron chi connectivity index (χ2n) is 13.2. The van der Waals surface area contributed by atoms with Crippen molar-refractivity contribution in [3.63, 3.8) is 0 Å². The number of unbranched alkanes of at least 4 members (excludes halogenated alkanes) is 22. The zero-order chi connectivity index (χ0) is 33.8. The van der Waals surface area contributed by atoms with Crippen LogP contribution in [0.3, 0.4) is 0 Å².